The first kappa shape index (κ1) is 14.3. The fourth-order valence-corrected chi connectivity index (χ4v) is 2.63. The number of aryl methyl sites for hydroxylation is 1. The minimum absolute atomic E-state index is 0.173. The van der Waals surface area contributed by atoms with E-state index in [4.69, 9.17) is 5.73 Å². The summed E-state index contributed by atoms with van der Waals surface area (Å²) in [7, 11) is -2.77. The van der Waals surface area contributed by atoms with Crippen molar-refractivity contribution in [2.24, 2.45) is 7.05 Å². The maximum absolute atomic E-state index is 13.6. The van der Waals surface area contributed by atoms with E-state index in [2.05, 4.69) is 10.1 Å². The largest absolute Gasteiger partial charge is 0.399 e. The number of nitrogens with two attached hydrogens (primary N) is 1. The maximum atomic E-state index is 13.6. The number of hydrogen-bond donors (Lipinski definition) is 2. The second kappa shape index (κ2) is 5.13. The third-order valence-corrected chi connectivity index (χ3v) is 3.81. The number of halogens is 2. The van der Waals surface area contributed by atoms with Crippen LogP contribution in [0.5, 0.6) is 0 Å². The van der Waals surface area contributed by atoms with Gasteiger partial charge in [-0.2, -0.15) is 5.10 Å². The highest BCUT2D eigenvalue weighted by atomic mass is 32.2. The molecule has 0 atom stereocenters. The van der Waals surface area contributed by atoms with Crippen LogP contribution in [0.3, 0.4) is 0 Å². The molecule has 0 aliphatic carbocycles. The van der Waals surface area contributed by atoms with Crippen LogP contribution in [-0.2, 0) is 23.6 Å². The minimum atomic E-state index is -4.37. The third-order valence-electron chi connectivity index (χ3n) is 2.36. The maximum Gasteiger partial charge on any atom is 0.246 e. The van der Waals surface area contributed by atoms with E-state index in [0.29, 0.717) is 0 Å². The number of sulfonamides is 1. The van der Waals surface area contributed by atoms with Crippen molar-refractivity contribution in [3.63, 3.8) is 0 Å². The van der Waals surface area contributed by atoms with Crippen LogP contribution in [0.15, 0.2) is 23.4 Å². The molecule has 1 heterocycles. The summed E-state index contributed by atoms with van der Waals surface area (Å²) < 4.78 is 54.3. The highest BCUT2D eigenvalue weighted by Gasteiger charge is 2.24. The molecule has 0 unspecified atom stereocenters. The van der Waals surface area contributed by atoms with Crippen LogP contribution in [0.25, 0.3) is 0 Å². The van der Waals surface area contributed by atoms with Crippen molar-refractivity contribution in [3.8, 4) is 0 Å². The molecular formula is C10H11F2N5O2S. The molecule has 10 heteroatoms. The lowest BCUT2D eigenvalue weighted by Crippen LogP contribution is -2.26. The third kappa shape index (κ3) is 2.91. The molecule has 0 aliphatic heterocycles. The van der Waals surface area contributed by atoms with E-state index in [-0.39, 0.29) is 18.1 Å². The molecule has 108 valence electrons. The molecule has 2 rings (SSSR count). The standard InChI is InChI=1S/C10H11F2N5O2S/c1-17-5-14-9(16-17)4-15-20(18,19)10-7(11)2-6(13)3-8(10)12/h2-3,5,15H,4,13H2,1H3. The molecule has 2 aromatic rings. The van der Waals surface area contributed by atoms with Crippen molar-refractivity contribution >= 4 is 15.7 Å². The molecule has 0 fully saturated rings. The summed E-state index contributed by atoms with van der Waals surface area (Å²) in [6.07, 6.45) is 1.37. The molecule has 7 nitrogen and oxygen atoms in total. The van der Waals surface area contributed by atoms with Crippen molar-refractivity contribution in [2.45, 2.75) is 11.4 Å². The van der Waals surface area contributed by atoms with E-state index in [1.54, 1.807) is 7.05 Å². The van der Waals surface area contributed by atoms with Gasteiger partial charge in [-0.1, -0.05) is 0 Å². The Balaban J connectivity index is 2.27. The zero-order valence-electron chi connectivity index (χ0n) is 10.3. The first-order chi connectivity index (χ1) is 9.29. The number of benzene rings is 1. The second-order valence-electron chi connectivity index (χ2n) is 3.97. The zero-order chi connectivity index (χ0) is 14.9. The molecular weight excluding hydrogens is 292 g/mol. The lowest BCUT2D eigenvalue weighted by Gasteiger charge is -2.08. The van der Waals surface area contributed by atoms with Gasteiger partial charge in [-0.3, -0.25) is 4.68 Å². The Bertz CT molecular complexity index is 721. The Morgan fingerprint density at radius 1 is 1.35 bits per heavy atom. The second-order valence-corrected chi connectivity index (χ2v) is 5.68. The average Bonchev–Trinajstić information content (AvgIpc) is 2.71. The van der Waals surface area contributed by atoms with E-state index < -0.39 is 26.6 Å². The molecule has 1 aromatic heterocycles. The summed E-state index contributed by atoms with van der Waals surface area (Å²) in [5, 5.41) is 3.84. The van der Waals surface area contributed by atoms with Gasteiger partial charge in [0, 0.05) is 12.7 Å². The van der Waals surface area contributed by atoms with Gasteiger partial charge in [-0.05, 0) is 12.1 Å². The Hall–Kier alpha value is -2.07. The number of rotatable bonds is 4. The number of nitrogens with zero attached hydrogens (tertiary/aromatic N) is 3. The van der Waals surface area contributed by atoms with Gasteiger partial charge in [0.1, 0.15) is 18.0 Å². The van der Waals surface area contributed by atoms with Crippen LogP contribution >= 0.6 is 0 Å². The lowest BCUT2D eigenvalue weighted by atomic mass is 10.3. The lowest BCUT2D eigenvalue weighted by molar-refractivity contribution is 0.514. The van der Waals surface area contributed by atoms with Crippen molar-refractivity contribution in [3.05, 3.63) is 35.9 Å². The van der Waals surface area contributed by atoms with Crippen LogP contribution < -0.4 is 10.5 Å². The summed E-state index contributed by atoms with van der Waals surface area (Å²) in [6.45, 7) is -0.285. The molecule has 20 heavy (non-hydrogen) atoms. The fourth-order valence-electron chi connectivity index (χ4n) is 1.53. The Kier molecular flexibility index (Phi) is 3.68. The summed E-state index contributed by atoms with van der Waals surface area (Å²) >= 11 is 0. The molecule has 0 amide bonds. The SMILES string of the molecule is Cn1cnc(CNS(=O)(=O)c2c(F)cc(N)cc2F)n1. The molecule has 0 saturated heterocycles. The first-order valence-corrected chi connectivity index (χ1v) is 6.86. The Labute approximate surface area is 113 Å². The highest BCUT2D eigenvalue weighted by molar-refractivity contribution is 7.89. The number of nitrogens with one attached hydrogen (secondary N) is 1. The average molecular weight is 303 g/mol. The van der Waals surface area contributed by atoms with E-state index in [1.807, 2.05) is 4.72 Å². The van der Waals surface area contributed by atoms with Gasteiger partial charge in [0.15, 0.2) is 10.7 Å². The van der Waals surface area contributed by atoms with Crippen molar-refractivity contribution in [1.29, 1.82) is 0 Å². The summed E-state index contributed by atoms with van der Waals surface area (Å²) in [5.74, 6) is -2.35. The predicted molar refractivity (Wildman–Crippen MR) is 65.8 cm³/mol. The van der Waals surface area contributed by atoms with Crippen molar-refractivity contribution < 1.29 is 17.2 Å². The van der Waals surface area contributed by atoms with E-state index in [1.165, 1.54) is 11.0 Å². The molecule has 0 saturated carbocycles. The van der Waals surface area contributed by atoms with Crippen LogP contribution in [0.4, 0.5) is 14.5 Å². The number of nitrogen functional groups attached to an aromatic ring is 1. The minimum Gasteiger partial charge on any atom is -0.399 e. The fraction of sp³-hybridized carbons (Fsp3) is 0.200. The van der Waals surface area contributed by atoms with Crippen molar-refractivity contribution in [2.75, 3.05) is 5.73 Å². The van der Waals surface area contributed by atoms with E-state index in [9.17, 15) is 17.2 Å². The quantitative estimate of drug-likeness (QED) is 0.783. The van der Waals surface area contributed by atoms with Gasteiger partial charge in [0.2, 0.25) is 10.0 Å². The Morgan fingerprint density at radius 3 is 2.45 bits per heavy atom. The zero-order valence-corrected chi connectivity index (χ0v) is 11.2. The van der Waals surface area contributed by atoms with Crippen LogP contribution in [0, 0.1) is 11.6 Å². The van der Waals surface area contributed by atoms with Gasteiger partial charge in [0.25, 0.3) is 0 Å². The number of anilines is 1. The van der Waals surface area contributed by atoms with Gasteiger partial charge in [-0.15, -0.1) is 0 Å². The smallest absolute Gasteiger partial charge is 0.246 e. The van der Waals surface area contributed by atoms with Gasteiger partial charge >= 0.3 is 0 Å². The Morgan fingerprint density at radius 2 is 1.95 bits per heavy atom. The summed E-state index contributed by atoms with van der Waals surface area (Å²) in [5.41, 5.74) is 5.02. The summed E-state index contributed by atoms with van der Waals surface area (Å²) in [4.78, 5) is 2.71. The predicted octanol–water partition coefficient (Wildman–Crippen LogP) is 0.154. The van der Waals surface area contributed by atoms with Crippen LogP contribution in [0.1, 0.15) is 5.82 Å². The van der Waals surface area contributed by atoms with E-state index >= 15 is 0 Å². The van der Waals surface area contributed by atoms with E-state index in [0.717, 1.165) is 12.1 Å². The molecule has 0 aliphatic rings. The topological polar surface area (TPSA) is 103 Å². The highest BCUT2D eigenvalue weighted by Crippen LogP contribution is 2.21. The molecule has 0 spiro atoms. The van der Waals surface area contributed by atoms with Crippen LogP contribution in [-0.4, -0.2) is 23.2 Å². The molecule has 0 bridgehead atoms. The van der Waals surface area contributed by atoms with Crippen molar-refractivity contribution in [1.82, 2.24) is 19.5 Å². The number of aromatic nitrogens is 3. The monoisotopic (exact) mass is 303 g/mol. The summed E-state index contributed by atoms with van der Waals surface area (Å²) in [6, 6.07) is 1.47. The first-order valence-electron chi connectivity index (χ1n) is 5.38. The molecule has 3 N–H and O–H groups in total. The van der Waals surface area contributed by atoms with Gasteiger partial charge in [-0.25, -0.2) is 26.9 Å². The molecule has 0 radical (unpaired) electrons. The van der Waals surface area contributed by atoms with Gasteiger partial charge < -0.3 is 5.73 Å². The van der Waals surface area contributed by atoms with Gasteiger partial charge in [0.05, 0.1) is 6.54 Å². The molecule has 1 aromatic carbocycles. The van der Waals surface area contributed by atoms with Crippen LogP contribution in [0.2, 0.25) is 0 Å². The normalized spacial score (nSPS) is 11.8. The number of hydrogen-bond acceptors (Lipinski definition) is 5.